The molecule has 25 heavy (non-hydrogen) atoms. The zero-order valence-electron chi connectivity index (χ0n) is 16.3. The third-order valence-electron chi connectivity index (χ3n) is 4.63. The number of nitrogens with zero attached hydrogens (tertiary/aromatic N) is 1. The first-order valence-electron chi connectivity index (χ1n) is 8.70. The maximum atomic E-state index is 14.9. The highest BCUT2D eigenvalue weighted by Gasteiger charge is 2.25. The minimum Gasteiger partial charge on any atom is -0.496 e. The lowest BCUT2D eigenvalue weighted by molar-refractivity contribution is 0.388. The van der Waals surface area contributed by atoms with Crippen molar-refractivity contribution in [1.29, 1.82) is 0 Å². The predicted molar refractivity (Wildman–Crippen MR) is 101 cm³/mol. The Kier molecular flexibility index (Phi) is 5.40. The van der Waals surface area contributed by atoms with Crippen molar-refractivity contribution < 1.29 is 9.13 Å². The molecule has 2 rings (SSSR count). The monoisotopic (exact) mass is 345 g/mol. The maximum absolute atomic E-state index is 14.9. The van der Waals surface area contributed by atoms with Crippen LogP contribution in [0.25, 0.3) is 11.1 Å². The lowest BCUT2D eigenvalue weighted by Gasteiger charge is -2.24. The molecule has 0 spiro atoms. The smallest absolute Gasteiger partial charge is 0.253 e. The summed E-state index contributed by atoms with van der Waals surface area (Å²) in [6.45, 7) is 12.3. The molecule has 0 bridgehead atoms. The van der Waals surface area contributed by atoms with Gasteiger partial charge in [-0.2, -0.15) is 0 Å². The number of aromatic nitrogens is 1. The van der Waals surface area contributed by atoms with Gasteiger partial charge in [0.1, 0.15) is 11.6 Å². The Hall–Kier alpha value is -2.10. The molecular weight excluding hydrogens is 317 g/mol. The molecule has 1 aromatic heterocycles. The van der Waals surface area contributed by atoms with Crippen LogP contribution in [-0.4, -0.2) is 11.7 Å². The second kappa shape index (κ2) is 7.03. The molecular formula is C21H28FNO2. The summed E-state index contributed by atoms with van der Waals surface area (Å²) in [6, 6.07) is 3.41. The van der Waals surface area contributed by atoms with Crippen LogP contribution >= 0.6 is 0 Å². The molecule has 0 saturated heterocycles. The van der Waals surface area contributed by atoms with Crippen molar-refractivity contribution in [2.24, 2.45) is 0 Å². The van der Waals surface area contributed by atoms with Gasteiger partial charge >= 0.3 is 0 Å². The normalized spacial score (nSPS) is 11.7. The van der Waals surface area contributed by atoms with E-state index in [9.17, 15) is 9.18 Å². The Bertz CT molecular complexity index is 844. The van der Waals surface area contributed by atoms with Gasteiger partial charge in [-0.3, -0.25) is 4.79 Å². The number of hydrogen-bond donors (Lipinski definition) is 0. The van der Waals surface area contributed by atoms with Gasteiger partial charge < -0.3 is 9.30 Å². The van der Waals surface area contributed by atoms with E-state index in [1.807, 2.05) is 53.8 Å². The van der Waals surface area contributed by atoms with Gasteiger partial charge in [0.15, 0.2) is 0 Å². The van der Waals surface area contributed by atoms with Crippen LogP contribution in [0.1, 0.15) is 50.8 Å². The van der Waals surface area contributed by atoms with Crippen molar-refractivity contribution in [2.45, 2.75) is 59.9 Å². The average molecular weight is 345 g/mol. The van der Waals surface area contributed by atoms with E-state index in [1.54, 1.807) is 17.7 Å². The van der Waals surface area contributed by atoms with Crippen molar-refractivity contribution in [3.05, 3.63) is 51.2 Å². The van der Waals surface area contributed by atoms with Gasteiger partial charge in [-0.05, 0) is 48.9 Å². The number of benzene rings is 1. The summed E-state index contributed by atoms with van der Waals surface area (Å²) in [5, 5.41) is 0. The van der Waals surface area contributed by atoms with E-state index < -0.39 is 0 Å². The molecule has 0 fully saturated rings. The molecule has 0 amide bonds. The molecule has 0 aliphatic heterocycles. The quantitative estimate of drug-likeness (QED) is 0.782. The molecule has 0 radical (unpaired) electrons. The van der Waals surface area contributed by atoms with Gasteiger partial charge in [0.05, 0.1) is 7.11 Å². The third-order valence-corrected chi connectivity index (χ3v) is 4.63. The highest BCUT2D eigenvalue weighted by atomic mass is 19.1. The number of methoxy groups -OCH3 is 1. The fourth-order valence-corrected chi connectivity index (χ4v) is 3.21. The first-order valence-corrected chi connectivity index (χ1v) is 8.70. The molecule has 1 heterocycles. The first kappa shape index (κ1) is 19.2. The molecule has 1 aromatic carbocycles. The standard InChI is InChI=1S/C21H28FNO2/c1-8-9-23-12-16(13(2)14(3)20(23)24)15-10-17(22)19(21(4,5)6)18(11-15)25-7/h10-12H,8-9H2,1-7H3. The fourth-order valence-electron chi connectivity index (χ4n) is 3.21. The lowest BCUT2D eigenvalue weighted by atomic mass is 9.84. The Morgan fingerprint density at radius 1 is 1.16 bits per heavy atom. The number of pyridine rings is 1. The predicted octanol–water partition coefficient (Wildman–Crippen LogP) is 4.99. The van der Waals surface area contributed by atoms with E-state index in [1.165, 1.54) is 0 Å². The molecule has 136 valence electrons. The van der Waals surface area contributed by atoms with Crippen molar-refractivity contribution in [3.63, 3.8) is 0 Å². The van der Waals surface area contributed by atoms with Crippen LogP contribution in [0, 0.1) is 19.7 Å². The lowest BCUT2D eigenvalue weighted by Crippen LogP contribution is -2.23. The van der Waals surface area contributed by atoms with Gasteiger partial charge in [0.25, 0.3) is 5.56 Å². The summed E-state index contributed by atoms with van der Waals surface area (Å²) in [4.78, 5) is 12.4. The zero-order chi connectivity index (χ0) is 18.9. The van der Waals surface area contributed by atoms with E-state index >= 15 is 0 Å². The van der Waals surface area contributed by atoms with E-state index in [-0.39, 0.29) is 16.8 Å². The number of rotatable bonds is 4. The maximum Gasteiger partial charge on any atom is 0.253 e. The molecule has 3 nitrogen and oxygen atoms in total. The highest BCUT2D eigenvalue weighted by Crippen LogP contribution is 2.38. The first-order chi connectivity index (χ1) is 11.6. The van der Waals surface area contributed by atoms with Crippen LogP contribution in [0.5, 0.6) is 5.75 Å². The van der Waals surface area contributed by atoms with Gasteiger partial charge in [-0.25, -0.2) is 4.39 Å². The summed E-state index contributed by atoms with van der Waals surface area (Å²) in [5.41, 5.74) is 3.39. The summed E-state index contributed by atoms with van der Waals surface area (Å²) in [6.07, 6.45) is 2.70. The number of halogens is 1. The number of hydrogen-bond acceptors (Lipinski definition) is 2. The number of ether oxygens (including phenoxy) is 1. The summed E-state index contributed by atoms with van der Waals surface area (Å²) in [7, 11) is 1.56. The molecule has 0 aliphatic carbocycles. The minimum absolute atomic E-state index is 0.0156. The van der Waals surface area contributed by atoms with Crippen LogP contribution in [0.2, 0.25) is 0 Å². The van der Waals surface area contributed by atoms with Gasteiger partial charge in [-0.15, -0.1) is 0 Å². The van der Waals surface area contributed by atoms with Crippen molar-refractivity contribution >= 4 is 0 Å². The molecule has 2 aromatic rings. The van der Waals surface area contributed by atoms with Gasteiger partial charge in [-0.1, -0.05) is 27.7 Å². The Balaban J connectivity index is 2.75. The van der Waals surface area contributed by atoms with Crippen LogP contribution < -0.4 is 10.3 Å². The fraction of sp³-hybridized carbons (Fsp3) is 0.476. The summed E-state index contributed by atoms with van der Waals surface area (Å²) >= 11 is 0. The molecule has 0 N–H and O–H groups in total. The molecule has 0 unspecified atom stereocenters. The molecule has 0 saturated carbocycles. The van der Waals surface area contributed by atoms with E-state index in [0.717, 1.165) is 23.1 Å². The van der Waals surface area contributed by atoms with Gasteiger partial charge in [0, 0.05) is 29.4 Å². The highest BCUT2D eigenvalue weighted by molar-refractivity contribution is 5.70. The van der Waals surface area contributed by atoms with E-state index in [4.69, 9.17) is 4.74 Å². The van der Waals surface area contributed by atoms with Crippen molar-refractivity contribution in [2.75, 3.05) is 7.11 Å². The van der Waals surface area contributed by atoms with Crippen LogP contribution in [-0.2, 0) is 12.0 Å². The van der Waals surface area contributed by atoms with Crippen LogP contribution in [0.15, 0.2) is 23.1 Å². The summed E-state index contributed by atoms with van der Waals surface area (Å²) < 4.78 is 22.1. The van der Waals surface area contributed by atoms with Crippen LogP contribution in [0.3, 0.4) is 0 Å². The van der Waals surface area contributed by atoms with Crippen molar-refractivity contribution in [3.8, 4) is 16.9 Å². The summed E-state index contributed by atoms with van der Waals surface area (Å²) in [5.74, 6) is 0.250. The Morgan fingerprint density at radius 3 is 2.32 bits per heavy atom. The average Bonchev–Trinajstić information content (AvgIpc) is 2.53. The second-order valence-electron chi connectivity index (χ2n) is 7.58. The van der Waals surface area contributed by atoms with E-state index in [2.05, 4.69) is 0 Å². The Morgan fingerprint density at radius 2 is 1.80 bits per heavy atom. The SMILES string of the molecule is CCCn1cc(-c2cc(F)c(C(C)(C)C)c(OC)c2)c(C)c(C)c1=O. The molecule has 0 atom stereocenters. The van der Waals surface area contributed by atoms with Gasteiger partial charge in [0.2, 0.25) is 0 Å². The van der Waals surface area contributed by atoms with Crippen LogP contribution in [0.4, 0.5) is 4.39 Å². The second-order valence-corrected chi connectivity index (χ2v) is 7.58. The molecule has 0 aliphatic rings. The minimum atomic E-state index is -0.361. The topological polar surface area (TPSA) is 31.2 Å². The Labute approximate surface area is 149 Å². The van der Waals surface area contributed by atoms with Crippen molar-refractivity contribution in [1.82, 2.24) is 4.57 Å². The molecule has 4 heteroatoms. The third kappa shape index (κ3) is 3.63. The largest absolute Gasteiger partial charge is 0.496 e. The van der Waals surface area contributed by atoms with E-state index in [0.29, 0.717) is 23.4 Å². The zero-order valence-corrected chi connectivity index (χ0v) is 16.3. The number of aryl methyl sites for hydroxylation is 1.